The Bertz CT molecular complexity index is 642. The fourth-order valence-corrected chi connectivity index (χ4v) is 2.85. The molecule has 0 aromatic heterocycles. The predicted octanol–water partition coefficient (Wildman–Crippen LogP) is 1.12. The van der Waals surface area contributed by atoms with E-state index in [9.17, 15) is 13.2 Å². The number of nitrogens with one attached hydrogen (secondary N) is 1. The van der Waals surface area contributed by atoms with E-state index in [1.165, 1.54) is 18.2 Å². The first-order valence-electron chi connectivity index (χ1n) is 6.90. The highest BCUT2D eigenvalue weighted by Gasteiger charge is 2.32. The van der Waals surface area contributed by atoms with Crippen LogP contribution in [-0.4, -0.2) is 27.5 Å². The summed E-state index contributed by atoms with van der Waals surface area (Å²) in [6.07, 6.45) is 1.12. The van der Waals surface area contributed by atoms with Gasteiger partial charge in [0.05, 0.1) is 6.61 Å². The van der Waals surface area contributed by atoms with E-state index in [0.717, 1.165) is 6.42 Å². The maximum Gasteiger partial charge on any atom is 0.251 e. The molecule has 116 valence electrons. The number of ether oxygens (including phenoxy) is 1. The van der Waals surface area contributed by atoms with Gasteiger partial charge in [0.1, 0.15) is 10.6 Å². The van der Waals surface area contributed by atoms with E-state index in [-0.39, 0.29) is 22.1 Å². The molecule has 1 saturated carbocycles. The second-order valence-corrected chi connectivity index (χ2v) is 6.85. The van der Waals surface area contributed by atoms with Crippen LogP contribution in [0.5, 0.6) is 5.75 Å². The van der Waals surface area contributed by atoms with Gasteiger partial charge in [0.2, 0.25) is 10.0 Å². The number of sulfonamides is 1. The van der Waals surface area contributed by atoms with Crippen LogP contribution in [0.1, 0.15) is 30.6 Å². The van der Waals surface area contributed by atoms with Gasteiger partial charge in [-0.15, -0.1) is 0 Å². The van der Waals surface area contributed by atoms with Gasteiger partial charge >= 0.3 is 0 Å². The molecule has 1 aromatic rings. The number of rotatable bonds is 6. The fraction of sp³-hybridized carbons (Fsp3) is 0.500. The molecule has 1 aliphatic carbocycles. The molecule has 0 saturated heterocycles. The van der Waals surface area contributed by atoms with E-state index in [2.05, 4.69) is 12.2 Å². The third kappa shape index (κ3) is 3.95. The van der Waals surface area contributed by atoms with Crippen LogP contribution in [0.2, 0.25) is 0 Å². The zero-order chi connectivity index (χ0) is 15.6. The Hall–Kier alpha value is -1.60. The molecule has 3 N–H and O–H groups in total. The highest BCUT2D eigenvalue weighted by molar-refractivity contribution is 7.89. The molecule has 6 nitrogen and oxygen atoms in total. The normalized spacial score (nSPS) is 20.9. The molecule has 1 aliphatic rings. The van der Waals surface area contributed by atoms with Crippen LogP contribution in [-0.2, 0) is 10.0 Å². The van der Waals surface area contributed by atoms with Crippen LogP contribution in [0, 0.1) is 11.8 Å². The van der Waals surface area contributed by atoms with E-state index in [1.54, 1.807) is 6.92 Å². The van der Waals surface area contributed by atoms with E-state index in [0.29, 0.717) is 25.0 Å². The molecular weight excluding hydrogens is 292 g/mol. The number of primary sulfonamides is 1. The highest BCUT2D eigenvalue weighted by Crippen LogP contribution is 2.36. The lowest BCUT2D eigenvalue weighted by atomic mass is 10.2. The van der Waals surface area contributed by atoms with E-state index in [1.807, 2.05) is 0 Å². The summed E-state index contributed by atoms with van der Waals surface area (Å²) in [5.74, 6) is 1.02. The highest BCUT2D eigenvalue weighted by atomic mass is 32.2. The van der Waals surface area contributed by atoms with Gasteiger partial charge in [-0.1, -0.05) is 6.92 Å². The van der Waals surface area contributed by atoms with Crippen LogP contribution in [0.25, 0.3) is 0 Å². The molecule has 1 aromatic carbocycles. The fourth-order valence-electron chi connectivity index (χ4n) is 2.16. The molecule has 1 amide bonds. The second kappa shape index (κ2) is 6.03. The van der Waals surface area contributed by atoms with Gasteiger partial charge in [0.25, 0.3) is 5.91 Å². The summed E-state index contributed by atoms with van der Waals surface area (Å²) < 4.78 is 28.4. The molecule has 0 bridgehead atoms. The topological polar surface area (TPSA) is 98.5 Å². The molecule has 0 spiro atoms. The van der Waals surface area contributed by atoms with Crippen LogP contribution in [0.15, 0.2) is 23.1 Å². The van der Waals surface area contributed by atoms with Crippen molar-refractivity contribution >= 4 is 15.9 Å². The molecule has 2 atom stereocenters. The minimum absolute atomic E-state index is 0.160. The van der Waals surface area contributed by atoms with Gasteiger partial charge in [0.15, 0.2) is 0 Å². The lowest BCUT2D eigenvalue weighted by molar-refractivity contribution is 0.0951. The summed E-state index contributed by atoms with van der Waals surface area (Å²) in [6.45, 7) is 4.79. The molecule has 0 heterocycles. The van der Waals surface area contributed by atoms with Crippen molar-refractivity contribution in [2.45, 2.75) is 25.2 Å². The summed E-state index contributed by atoms with van der Waals surface area (Å²) in [7, 11) is -3.94. The standard InChI is InChI=1S/C14H20N2O4S/c1-3-20-12-5-4-10(7-13(12)21(15,18)19)14(17)16-8-11-6-9(11)2/h4-5,7,9,11H,3,6,8H2,1-2H3,(H,16,17)(H2,15,18,19). The average molecular weight is 312 g/mol. The SMILES string of the molecule is CCOc1ccc(C(=O)NCC2CC2C)cc1S(N)(=O)=O. The largest absolute Gasteiger partial charge is 0.492 e. The summed E-state index contributed by atoms with van der Waals surface area (Å²) in [5.41, 5.74) is 0.260. The van der Waals surface area contributed by atoms with Crippen molar-refractivity contribution in [3.63, 3.8) is 0 Å². The minimum atomic E-state index is -3.94. The van der Waals surface area contributed by atoms with Crippen molar-refractivity contribution < 1.29 is 17.9 Å². The van der Waals surface area contributed by atoms with Crippen LogP contribution >= 0.6 is 0 Å². The minimum Gasteiger partial charge on any atom is -0.492 e. The van der Waals surface area contributed by atoms with Crippen molar-refractivity contribution in [3.05, 3.63) is 23.8 Å². The quantitative estimate of drug-likeness (QED) is 0.822. The number of carbonyl (C=O) groups excluding carboxylic acids is 1. The zero-order valence-corrected chi connectivity index (χ0v) is 12.9. The predicted molar refractivity (Wildman–Crippen MR) is 78.6 cm³/mol. The number of carbonyl (C=O) groups is 1. The number of nitrogens with two attached hydrogens (primary N) is 1. The van der Waals surface area contributed by atoms with Gasteiger partial charge in [-0.2, -0.15) is 0 Å². The van der Waals surface area contributed by atoms with E-state index >= 15 is 0 Å². The molecule has 1 fully saturated rings. The second-order valence-electron chi connectivity index (χ2n) is 5.32. The number of benzene rings is 1. The van der Waals surface area contributed by atoms with E-state index < -0.39 is 10.0 Å². The number of hydrogen-bond acceptors (Lipinski definition) is 4. The first-order valence-corrected chi connectivity index (χ1v) is 8.45. The lowest BCUT2D eigenvalue weighted by Gasteiger charge is -2.11. The van der Waals surface area contributed by atoms with Crippen molar-refractivity contribution in [1.29, 1.82) is 0 Å². The molecule has 2 unspecified atom stereocenters. The summed E-state index contributed by atoms with van der Waals surface area (Å²) in [6, 6.07) is 4.25. The molecule has 0 radical (unpaired) electrons. The summed E-state index contributed by atoms with van der Waals surface area (Å²) >= 11 is 0. The van der Waals surface area contributed by atoms with Gasteiger partial charge in [-0.05, 0) is 43.4 Å². The van der Waals surface area contributed by atoms with Crippen molar-refractivity contribution in [3.8, 4) is 5.75 Å². The molecular formula is C14H20N2O4S. The Morgan fingerprint density at radius 1 is 1.48 bits per heavy atom. The lowest BCUT2D eigenvalue weighted by Crippen LogP contribution is -2.26. The Kier molecular flexibility index (Phi) is 4.53. The number of amides is 1. The monoisotopic (exact) mass is 312 g/mol. The third-order valence-corrected chi connectivity index (χ3v) is 4.55. The summed E-state index contributed by atoms with van der Waals surface area (Å²) in [5, 5.41) is 7.97. The first-order chi connectivity index (χ1) is 9.82. The third-order valence-electron chi connectivity index (χ3n) is 3.61. The Balaban J connectivity index is 2.18. The first kappa shape index (κ1) is 15.8. The van der Waals surface area contributed by atoms with Crippen LogP contribution in [0.3, 0.4) is 0 Å². The van der Waals surface area contributed by atoms with Gasteiger partial charge in [-0.25, -0.2) is 13.6 Å². The van der Waals surface area contributed by atoms with Crippen molar-refractivity contribution in [2.24, 2.45) is 17.0 Å². The Labute approximate surface area is 124 Å². The molecule has 21 heavy (non-hydrogen) atoms. The summed E-state index contributed by atoms with van der Waals surface area (Å²) in [4.78, 5) is 11.9. The molecule has 7 heteroatoms. The van der Waals surface area contributed by atoms with Gasteiger partial charge in [0, 0.05) is 12.1 Å². The molecule has 2 rings (SSSR count). The smallest absolute Gasteiger partial charge is 0.251 e. The van der Waals surface area contributed by atoms with Crippen molar-refractivity contribution in [1.82, 2.24) is 5.32 Å². The maximum absolute atomic E-state index is 12.0. The van der Waals surface area contributed by atoms with Crippen molar-refractivity contribution in [2.75, 3.05) is 13.2 Å². The zero-order valence-electron chi connectivity index (χ0n) is 12.1. The van der Waals surface area contributed by atoms with Gasteiger partial charge < -0.3 is 10.1 Å². The number of hydrogen-bond donors (Lipinski definition) is 2. The molecule has 0 aliphatic heterocycles. The van der Waals surface area contributed by atoms with Crippen LogP contribution in [0.4, 0.5) is 0 Å². The van der Waals surface area contributed by atoms with Gasteiger partial charge in [-0.3, -0.25) is 4.79 Å². The van der Waals surface area contributed by atoms with Crippen LogP contribution < -0.4 is 15.2 Å². The Morgan fingerprint density at radius 3 is 2.67 bits per heavy atom. The Morgan fingerprint density at radius 2 is 2.14 bits per heavy atom. The maximum atomic E-state index is 12.0. The average Bonchev–Trinajstić information content (AvgIpc) is 3.11. The van der Waals surface area contributed by atoms with E-state index in [4.69, 9.17) is 9.88 Å².